The van der Waals surface area contributed by atoms with Gasteiger partial charge >= 0.3 is 5.97 Å². The van der Waals surface area contributed by atoms with Crippen LogP contribution in [-0.2, 0) is 4.79 Å². The Morgan fingerprint density at radius 2 is 1.79 bits per heavy atom. The van der Waals surface area contributed by atoms with Gasteiger partial charge in [0.2, 0.25) is 0 Å². The van der Waals surface area contributed by atoms with Gasteiger partial charge in [0.25, 0.3) is 0 Å². The molecule has 0 heterocycles. The monoisotopic (exact) mass is 536 g/mol. The summed E-state index contributed by atoms with van der Waals surface area (Å²) in [7, 11) is 0. The first-order valence-corrected chi connectivity index (χ1v) is 11.3. The van der Waals surface area contributed by atoms with Crippen LogP contribution in [0, 0.1) is 3.57 Å². The molecule has 0 bridgehead atoms. The maximum Gasteiger partial charge on any atom is 0.341 e. The molecule has 0 aliphatic rings. The number of carbonyl (C=O) groups is 1. The van der Waals surface area contributed by atoms with Gasteiger partial charge in [-0.05, 0) is 69.6 Å². The van der Waals surface area contributed by atoms with Gasteiger partial charge in [-0.1, -0.05) is 60.1 Å². The number of thioether (sulfide) groups is 1. The van der Waals surface area contributed by atoms with E-state index in [9.17, 15) is 4.79 Å². The molecule has 0 aliphatic heterocycles. The molecule has 6 heteroatoms. The quantitative estimate of drug-likeness (QED) is 0.259. The van der Waals surface area contributed by atoms with E-state index in [-0.39, 0.29) is 6.61 Å². The minimum atomic E-state index is -0.987. The van der Waals surface area contributed by atoms with Gasteiger partial charge in [0.15, 0.2) is 6.61 Å². The van der Waals surface area contributed by atoms with Crippen molar-refractivity contribution in [2.75, 3.05) is 12.4 Å². The maximum absolute atomic E-state index is 10.7. The van der Waals surface area contributed by atoms with Crippen molar-refractivity contribution in [3.63, 3.8) is 0 Å². The topological polar surface area (TPSA) is 46.5 Å². The van der Waals surface area contributed by atoms with E-state index >= 15 is 0 Å². The van der Waals surface area contributed by atoms with Gasteiger partial charge in [0.1, 0.15) is 5.75 Å². The largest absolute Gasteiger partial charge is 0.481 e. The van der Waals surface area contributed by atoms with Gasteiger partial charge in [-0.25, -0.2) is 4.79 Å². The van der Waals surface area contributed by atoms with Crippen molar-refractivity contribution in [3.8, 4) is 5.75 Å². The van der Waals surface area contributed by atoms with Gasteiger partial charge in [-0.3, -0.25) is 0 Å². The third-order valence-electron chi connectivity index (χ3n) is 4.01. The van der Waals surface area contributed by atoms with Crippen LogP contribution in [0.4, 0.5) is 0 Å². The summed E-state index contributed by atoms with van der Waals surface area (Å²) in [6.45, 7) is -0.342. The Morgan fingerprint density at radius 1 is 1.03 bits per heavy atom. The highest BCUT2D eigenvalue weighted by Gasteiger charge is 2.07. The van der Waals surface area contributed by atoms with Gasteiger partial charge in [-0.2, -0.15) is 0 Å². The molecule has 29 heavy (non-hydrogen) atoms. The molecule has 3 aromatic carbocycles. The highest BCUT2D eigenvalue weighted by atomic mass is 127. The fourth-order valence-electron chi connectivity index (χ4n) is 2.73. The highest BCUT2D eigenvalue weighted by Crippen LogP contribution is 2.30. The summed E-state index contributed by atoms with van der Waals surface area (Å²) in [5.41, 5.74) is 3.36. The lowest BCUT2D eigenvalue weighted by atomic mass is 9.98. The predicted octanol–water partition coefficient (Wildman–Crippen LogP) is 6.63. The minimum Gasteiger partial charge on any atom is -0.481 e. The summed E-state index contributed by atoms with van der Waals surface area (Å²) in [6, 6.07) is 23.9. The molecule has 0 aliphatic carbocycles. The zero-order valence-electron chi connectivity index (χ0n) is 15.3. The van der Waals surface area contributed by atoms with Crippen molar-refractivity contribution >= 4 is 57.5 Å². The summed E-state index contributed by atoms with van der Waals surface area (Å²) < 4.78 is 6.17. The number of hydrogen-bond acceptors (Lipinski definition) is 3. The number of benzene rings is 3. The lowest BCUT2D eigenvalue weighted by molar-refractivity contribution is -0.139. The van der Waals surface area contributed by atoms with Crippen LogP contribution in [0.15, 0.2) is 83.8 Å². The molecule has 0 saturated carbocycles. The lowest BCUT2D eigenvalue weighted by Gasteiger charge is -2.10. The number of aliphatic carboxylic acids is 1. The summed E-state index contributed by atoms with van der Waals surface area (Å²) in [5, 5.41) is 9.46. The normalized spacial score (nSPS) is 11.3. The molecule has 3 nitrogen and oxygen atoms in total. The van der Waals surface area contributed by atoms with Crippen LogP contribution in [-0.4, -0.2) is 23.4 Å². The SMILES string of the molecule is O=C(O)COc1ccc(SCC=C(c2ccccc2)c2cccc(Cl)c2)cc1I. The number of carboxylic acid groups (broad SMARTS) is 1. The molecule has 0 amide bonds. The molecular weight excluding hydrogens is 519 g/mol. The second kappa shape index (κ2) is 10.7. The van der Waals surface area contributed by atoms with E-state index in [1.807, 2.05) is 54.6 Å². The second-order valence-corrected chi connectivity index (χ2v) is 8.77. The van der Waals surface area contributed by atoms with E-state index in [1.165, 1.54) is 0 Å². The Kier molecular flexibility index (Phi) is 8.03. The zero-order chi connectivity index (χ0) is 20.6. The molecule has 0 fully saturated rings. The van der Waals surface area contributed by atoms with Crippen molar-refractivity contribution in [3.05, 3.63) is 98.6 Å². The fourth-order valence-corrected chi connectivity index (χ4v) is 4.61. The standard InChI is InChI=1S/C23H18ClIO3S/c24-18-8-4-7-17(13-18)20(16-5-2-1-3-6-16)11-12-29-19-9-10-22(21(25)14-19)28-15-23(26)27/h1-11,13-14H,12,15H2,(H,26,27). The molecule has 0 radical (unpaired) electrons. The van der Waals surface area contributed by atoms with Crippen molar-refractivity contribution in [2.45, 2.75) is 4.90 Å². The van der Waals surface area contributed by atoms with E-state index in [2.05, 4.69) is 46.9 Å². The maximum atomic E-state index is 10.7. The first kappa shape index (κ1) is 21.7. The summed E-state index contributed by atoms with van der Waals surface area (Å²) in [4.78, 5) is 11.8. The Hall–Kier alpha value is -1.96. The first-order valence-electron chi connectivity index (χ1n) is 8.81. The highest BCUT2D eigenvalue weighted by molar-refractivity contribution is 14.1. The van der Waals surface area contributed by atoms with E-state index in [1.54, 1.807) is 11.8 Å². The molecule has 0 atom stereocenters. The van der Waals surface area contributed by atoms with Crippen molar-refractivity contribution in [2.24, 2.45) is 0 Å². The molecule has 0 unspecified atom stereocenters. The Morgan fingerprint density at radius 3 is 2.48 bits per heavy atom. The number of halogens is 2. The van der Waals surface area contributed by atoms with Crippen LogP contribution in [0.5, 0.6) is 5.75 Å². The van der Waals surface area contributed by atoms with E-state index in [0.29, 0.717) is 10.8 Å². The van der Waals surface area contributed by atoms with Gasteiger partial charge in [0, 0.05) is 15.7 Å². The average Bonchev–Trinajstić information content (AvgIpc) is 2.71. The van der Waals surface area contributed by atoms with Gasteiger partial charge < -0.3 is 9.84 Å². The van der Waals surface area contributed by atoms with Gasteiger partial charge in [0.05, 0.1) is 3.57 Å². The number of hydrogen-bond donors (Lipinski definition) is 1. The molecule has 0 aromatic heterocycles. The van der Waals surface area contributed by atoms with Crippen LogP contribution in [0.1, 0.15) is 11.1 Å². The Labute approximate surface area is 192 Å². The molecule has 3 rings (SSSR count). The molecule has 148 valence electrons. The van der Waals surface area contributed by atoms with E-state index in [0.717, 1.165) is 30.9 Å². The summed E-state index contributed by atoms with van der Waals surface area (Å²) >= 11 is 10.1. The summed E-state index contributed by atoms with van der Waals surface area (Å²) in [6.07, 6.45) is 2.20. The van der Waals surface area contributed by atoms with Crippen molar-refractivity contribution < 1.29 is 14.6 Å². The van der Waals surface area contributed by atoms with Gasteiger partial charge in [-0.15, -0.1) is 11.8 Å². The summed E-state index contributed by atoms with van der Waals surface area (Å²) in [5.74, 6) is 0.373. The smallest absolute Gasteiger partial charge is 0.341 e. The van der Waals surface area contributed by atoms with E-state index in [4.69, 9.17) is 21.4 Å². The number of ether oxygens (including phenoxy) is 1. The number of carboxylic acids is 1. The number of rotatable bonds is 8. The average molecular weight is 537 g/mol. The lowest BCUT2D eigenvalue weighted by Crippen LogP contribution is -2.10. The third kappa shape index (κ3) is 6.52. The van der Waals surface area contributed by atoms with Crippen molar-refractivity contribution in [1.29, 1.82) is 0 Å². The van der Waals surface area contributed by atoms with E-state index < -0.39 is 5.97 Å². The Balaban J connectivity index is 1.76. The second-order valence-electron chi connectivity index (χ2n) is 6.08. The minimum absolute atomic E-state index is 0.342. The molecule has 1 N–H and O–H groups in total. The fraction of sp³-hybridized carbons (Fsp3) is 0.0870. The van der Waals surface area contributed by atoms with Crippen LogP contribution >= 0.6 is 46.0 Å². The molecular formula is C23H18ClIO3S. The van der Waals surface area contributed by atoms with Crippen LogP contribution in [0.25, 0.3) is 5.57 Å². The Bertz CT molecular complexity index is 1020. The van der Waals surface area contributed by atoms with Crippen LogP contribution < -0.4 is 4.74 Å². The van der Waals surface area contributed by atoms with Crippen molar-refractivity contribution in [1.82, 2.24) is 0 Å². The molecule has 3 aromatic rings. The zero-order valence-corrected chi connectivity index (χ0v) is 19.1. The third-order valence-corrected chi connectivity index (χ3v) is 6.01. The predicted molar refractivity (Wildman–Crippen MR) is 128 cm³/mol. The van der Waals surface area contributed by atoms with Crippen LogP contribution in [0.3, 0.4) is 0 Å². The first-order chi connectivity index (χ1) is 14.0. The molecule has 0 saturated heterocycles. The van der Waals surface area contributed by atoms with Crippen LogP contribution in [0.2, 0.25) is 5.02 Å². The molecule has 0 spiro atoms.